The Kier molecular flexibility index (Phi) is 4.66. The van der Waals surface area contributed by atoms with Gasteiger partial charge in [-0.15, -0.1) is 11.8 Å². The summed E-state index contributed by atoms with van der Waals surface area (Å²) in [4.78, 5) is 14.9. The van der Waals surface area contributed by atoms with Crippen LogP contribution in [0.5, 0.6) is 0 Å². The molecule has 1 saturated heterocycles. The summed E-state index contributed by atoms with van der Waals surface area (Å²) >= 11 is 7.61. The number of benzene rings is 1. The van der Waals surface area contributed by atoms with E-state index in [0.29, 0.717) is 17.0 Å². The molecule has 1 aliphatic heterocycles. The van der Waals surface area contributed by atoms with E-state index in [1.165, 1.54) is 16.7 Å². The van der Waals surface area contributed by atoms with Crippen LogP contribution in [-0.2, 0) is 9.84 Å². The monoisotopic (exact) mass is 333 g/mol. The zero-order valence-corrected chi connectivity index (χ0v) is 13.7. The Labute approximate surface area is 128 Å². The van der Waals surface area contributed by atoms with E-state index >= 15 is 0 Å². The lowest BCUT2D eigenvalue weighted by Crippen LogP contribution is -2.38. The van der Waals surface area contributed by atoms with E-state index < -0.39 is 9.84 Å². The third kappa shape index (κ3) is 3.30. The standard InChI is InChI=1S/C13H16ClNO3S2/c1-15(9-5-6-20(17,18)8-9)13(16)11-7-10(19-2)3-4-12(11)14/h3-4,7,9H,5-6,8H2,1-2H3. The molecule has 20 heavy (non-hydrogen) atoms. The molecule has 1 aliphatic rings. The molecule has 0 aliphatic carbocycles. The lowest BCUT2D eigenvalue weighted by atomic mass is 10.1. The largest absolute Gasteiger partial charge is 0.338 e. The van der Waals surface area contributed by atoms with Crippen LogP contribution in [0.1, 0.15) is 16.8 Å². The van der Waals surface area contributed by atoms with E-state index in [1.54, 1.807) is 19.2 Å². The molecule has 1 aromatic carbocycles. The van der Waals surface area contributed by atoms with E-state index in [1.807, 2.05) is 12.3 Å². The molecule has 4 nitrogen and oxygen atoms in total. The minimum absolute atomic E-state index is 0.0368. The first kappa shape index (κ1) is 15.7. The smallest absolute Gasteiger partial charge is 0.255 e. The van der Waals surface area contributed by atoms with Gasteiger partial charge in [-0.05, 0) is 30.9 Å². The van der Waals surface area contributed by atoms with Crippen molar-refractivity contribution >= 4 is 39.1 Å². The van der Waals surface area contributed by atoms with Gasteiger partial charge < -0.3 is 4.90 Å². The summed E-state index contributed by atoms with van der Waals surface area (Å²) in [7, 11) is -1.38. The molecular weight excluding hydrogens is 318 g/mol. The van der Waals surface area contributed by atoms with Gasteiger partial charge in [-0.1, -0.05) is 11.6 Å². The molecule has 0 bridgehead atoms. The zero-order chi connectivity index (χ0) is 14.9. The highest BCUT2D eigenvalue weighted by Gasteiger charge is 2.33. The summed E-state index contributed by atoms with van der Waals surface area (Å²) < 4.78 is 23.0. The quantitative estimate of drug-likeness (QED) is 0.797. The second-order valence-electron chi connectivity index (χ2n) is 4.82. The molecule has 1 heterocycles. The Morgan fingerprint density at radius 3 is 2.70 bits per heavy atom. The predicted molar refractivity (Wildman–Crippen MR) is 82.4 cm³/mol. The molecule has 2 rings (SSSR count). The van der Waals surface area contributed by atoms with Crippen molar-refractivity contribution in [1.82, 2.24) is 4.90 Å². The SMILES string of the molecule is CSc1ccc(Cl)c(C(=O)N(C)C2CCS(=O)(=O)C2)c1. The van der Waals surface area contributed by atoms with Gasteiger partial charge in [0.05, 0.1) is 22.1 Å². The maximum atomic E-state index is 12.5. The first-order valence-electron chi connectivity index (χ1n) is 6.15. The number of nitrogens with zero attached hydrogens (tertiary/aromatic N) is 1. The fourth-order valence-corrected chi connectivity index (χ4v) is 4.64. The van der Waals surface area contributed by atoms with Gasteiger partial charge in [-0.25, -0.2) is 8.42 Å². The van der Waals surface area contributed by atoms with Gasteiger partial charge >= 0.3 is 0 Å². The van der Waals surface area contributed by atoms with Gasteiger partial charge in [-0.2, -0.15) is 0 Å². The average Bonchev–Trinajstić information content (AvgIpc) is 2.78. The molecule has 0 radical (unpaired) electrons. The summed E-state index contributed by atoms with van der Waals surface area (Å²) in [5, 5.41) is 0.389. The third-order valence-electron chi connectivity index (χ3n) is 3.48. The molecule has 1 fully saturated rings. The van der Waals surface area contributed by atoms with Crippen LogP contribution in [0.25, 0.3) is 0 Å². The van der Waals surface area contributed by atoms with Gasteiger partial charge in [0.25, 0.3) is 5.91 Å². The van der Waals surface area contributed by atoms with Crippen LogP contribution in [0.2, 0.25) is 5.02 Å². The maximum Gasteiger partial charge on any atom is 0.255 e. The van der Waals surface area contributed by atoms with Crippen LogP contribution in [0, 0.1) is 0 Å². The Morgan fingerprint density at radius 2 is 2.15 bits per heavy atom. The second kappa shape index (κ2) is 5.95. The molecule has 1 unspecified atom stereocenters. The number of rotatable bonds is 3. The van der Waals surface area contributed by atoms with Crippen LogP contribution in [0.3, 0.4) is 0 Å². The first-order valence-corrected chi connectivity index (χ1v) is 9.57. The van der Waals surface area contributed by atoms with E-state index in [9.17, 15) is 13.2 Å². The maximum absolute atomic E-state index is 12.5. The summed E-state index contributed by atoms with van der Waals surface area (Å²) in [6.07, 6.45) is 2.41. The molecule has 0 N–H and O–H groups in total. The molecule has 0 aromatic heterocycles. The molecular formula is C13H16ClNO3S2. The van der Waals surface area contributed by atoms with Crippen molar-refractivity contribution in [2.45, 2.75) is 17.4 Å². The van der Waals surface area contributed by atoms with E-state index in [4.69, 9.17) is 11.6 Å². The van der Waals surface area contributed by atoms with Crippen molar-refractivity contribution in [3.8, 4) is 0 Å². The number of halogens is 1. The number of thioether (sulfide) groups is 1. The van der Waals surface area contributed by atoms with Crippen LogP contribution in [0.4, 0.5) is 0 Å². The lowest BCUT2D eigenvalue weighted by molar-refractivity contribution is 0.0747. The van der Waals surface area contributed by atoms with Gasteiger partial charge in [-0.3, -0.25) is 4.79 Å². The molecule has 0 spiro atoms. The third-order valence-corrected chi connectivity index (χ3v) is 6.29. The molecule has 110 valence electrons. The highest BCUT2D eigenvalue weighted by molar-refractivity contribution is 7.98. The van der Waals surface area contributed by atoms with Gasteiger partial charge in [0.15, 0.2) is 9.84 Å². The highest BCUT2D eigenvalue weighted by Crippen LogP contribution is 2.26. The number of amides is 1. The van der Waals surface area contributed by atoms with Crippen molar-refractivity contribution in [2.75, 3.05) is 24.8 Å². The molecule has 1 amide bonds. The van der Waals surface area contributed by atoms with E-state index in [-0.39, 0.29) is 23.5 Å². The predicted octanol–water partition coefficient (Wildman–Crippen LogP) is 2.32. The van der Waals surface area contributed by atoms with Crippen LogP contribution in [-0.4, -0.2) is 50.1 Å². The Morgan fingerprint density at radius 1 is 1.45 bits per heavy atom. The van der Waals surface area contributed by atoms with Crippen molar-refractivity contribution < 1.29 is 13.2 Å². The number of hydrogen-bond acceptors (Lipinski definition) is 4. The van der Waals surface area contributed by atoms with Gasteiger partial charge in [0.2, 0.25) is 0 Å². The fourth-order valence-electron chi connectivity index (χ4n) is 2.23. The van der Waals surface area contributed by atoms with Gasteiger partial charge in [0, 0.05) is 18.0 Å². The van der Waals surface area contributed by atoms with Crippen molar-refractivity contribution in [1.29, 1.82) is 0 Å². The molecule has 7 heteroatoms. The lowest BCUT2D eigenvalue weighted by Gasteiger charge is -2.24. The van der Waals surface area contributed by atoms with E-state index in [2.05, 4.69) is 0 Å². The van der Waals surface area contributed by atoms with Crippen molar-refractivity contribution in [2.24, 2.45) is 0 Å². The summed E-state index contributed by atoms with van der Waals surface area (Å²) in [6.45, 7) is 0. The molecule has 1 aromatic rings. The number of hydrogen-bond donors (Lipinski definition) is 0. The first-order chi connectivity index (χ1) is 9.34. The number of carbonyl (C=O) groups excluding carboxylic acids is 1. The Bertz CT molecular complexity index is 631. The van der Waals surface area contributed by atoms with Crippen molar-refractivity contribution in [3.63, 3.8) is 0 Å². The minimum Gasteiger partial charge on any atom is -0.338 e. The van der Waals surface area contributed by atoms with Crippen molar-refractivity contribution in [3.05, 3.63) is 28.8 Å². The average molecular weight is 334 g/mol. The highest BCUT2D eigenvalue weighted by atomic mass is 35.5. The number of carbonyl (C=O) groups is 1. The van der Waals surface area contributed by atoms with Crippen LogP contribution >= 0.6 is 23.4 Å². The van der Waals surface area contributed by atoms with Gasteiger partial charge in [0.1, 0.15) is 0 Å². The topological polar surface area (TPSA) is 54.5 Å². The Hall–Kier alpha value is -0.720. The Balaban J connectivity index is 2.23. The number of sulfone groups is 1. The minimum atomic E-state index is -3.01. The summed E-state index contributed by atoms with van der Waals surface area (Å²) in [6, 6.07) is 5.03. The summed E-state index contributed by atoms with van der Waals surface area (Å²) in [5.41, 5.74) is 0.422. The van der Waals surface area contributed by atoms with Crippen LogP contribution < -0.4 is 0 Å². The normalized spacial score (nSPS) is 20.9. The van der Waals surface area contributed by atoms with E-state index in [0.717, 1.165) is 4.90 Å². The molecule has 0 saturated carbocycles. The second-order valence-corrected chi connectivity index (χ2v) is 8.33. The van der Waals surface area contributed by atoms with Crippen LogP contribution in [0.15, 0.2) is 23.1 Å². The molecule has 1 atom stereocenters. The summed E-state index contributed by atoms with van der Waals surface area (Å²) in [5.74, 6) is -0.0452. The fraction of sp³-hybridized carbons (Fsp3) is 0.462. The zero-order valence-electron chi connectivity index (χ0n) is 11.3.